The Morgan fingerprint density at radius 2 is 2.13 bits per heavy atom. The van der Waals surface area contributed by atoms with E-state index in [0.29, 0.717) is 0 Å². The molecule has 1 unspecified atom stereocenters. The largest absolute Gasteiger partial charge is 0.289 e. The molecular formula is C13H10OS. The monoisotopic (exact) mass is 214 g/mol. The molecule has 0 radical (unpaired) electrons. The number of benzene rings is 1. The van der Waals surface area contributed by atoms with E-state index >= 15 is 0 Å². The fraction of sp³-hybridized carbons (Fsp3) is 0.154. The predicted molar refractivity (Wildman–Crippen MR) is 62.3 cm³/mol. The summed E-state index contributed by atoms with van der Waals surface area (Å²) in [6, 6.07) is 7.86. The number of allylic oxidation sites excluding steroid dienone is 2. The first-order valence-electron chi connectivity index (χ1n) is 5.03. The first-order chi connectivity index (χ1) is 7.36. The lowest BCUT2D eigenvalue weighted by Gasteiger charge is -2.25. The molecule has 0 spiro atoms. The Morgan fingerprint density at radius 1 is 1.27 bits per heavy atom. The summed E-state index contributed by atoms with van der Waals surface area (Å²) in [5.74, 6) is 0.207. The van der Waals surface area contributed by atoms with E-state index in [0.717, 1.165) is 22.5 Å². The summed E-state index contributed by atoms with van der Waals surface area (Å²) in [6.45, 7) is 0. The zero-order valence-corrected chi connectivity index (χ0v) is 8.96. The first-order valence-corrected chi connectivity index (χ1v) is 5.91. The van der Waals surface area contributed by atoms with Crippen molar-refractivity contribution in [2.24, 2.45) is 0 Å². The van der Waals surface area contributed by atoms with Gasteiger partial charge in [0.1, 0.15) is 0 Å². The maximum absolute atomic E-state index is 12.1. The Kier molecular flexibility index (Phi) is 2.03. The van der Waals surface area contributed by atoms with E-state index in [2.05, 4.69) is 18.2 Å². The summed E-state index contributed by atoms with van der Waals surface area (Å²) in [6.07, 6.45) is 7.20. The van der Waals surface area contributed by atoms with Crippen molar-refractivity contribution in [2.45, 2.75) is 16.6 Å². The van der Waals surface area contributed by atoms with Crippen molar-refractivity contribution < 1.29 is 4.79 Å². The van der Waals surface area contributed by atoms with Gasteiger partial charge in [-0.1, -0.05) is 30.4 Å². The van der Waals surface area contributed by atoms with Crippen molar-refractivity contribution in [1.82, 2.24) is 0 Å². The minimum Gasteiger partial charge on any atom is -0.289 e. The zero-order valence-electron chi connectivity index (χ0n) is 8.14. The highest BCUT2D eigenvalue weighted by atomic mass is 32.2. The molecule has 3 rings (SSSR count). The lowest BCUT2D eigenvalue weighted by Crippen LogP contribution is -2.21. The van der Waals surface area contributed by atoms with Crippen LogP contribution in [0.5, 0.6) is 0 Å². The second kappa shape index (κ2) is 3.38. The fourth-order valence-corrected chi connectivity index (χ4v) is 3.23. The molecule has 1 aliphatic heterocycles. The Morgan fingerprint density at radius 3 is 3.07 bits per heavy atom. The van der Waals surface area contributed by atoms with Crippen LogP contribution in [-0.4, -0.2) is 11.0 Å². The van der Waals surface area contributed by atoms with E-state index in [4.69, 9.17) is 0 Å². The SMILES string of the molecule is O=C1C2=CCC=CC2Sc2ccccc21. The average molecular weight is 214 g/mol. The number of rotatable bonds is 0. The normalized spacial score (nSPS) is 23.1. The van der Waals surface area contributed by atoms with Crippen molar-refractivity contribution in [3.8, 4) is 0 Å². The number of thioether (sulfide) groups is 1. The number of fused-ring (bicyclic) bond motifs is 2. The molecule has 0 saturated heterocycles. The van der Waals surface area contributed by atoms with Gasteiger partial charge in [0.15, 0.2) is 5.78 Å². The number of ketones is 1. The Labute approximate surface area is 92.9 Å². The first kappa shape index (κ1) is 8.98. The molecule has 0 N–H and O–H groups in total. The van der Waals surface area contributed by atoms with Crippen molar-refractivity contribution in [1.29, 1.82) is 0 Å². The Hall–Kier alpha value is -1.28. The van der Waals surface area contributed by atoms with Crippen molar-refractivity contribution in [3.05, 3.63) is 53.6 Å². The number of Topliss-reactive ketones (excluding diaryl/α,β-unsaturated/α-hetero) is 1. The number of hydrogen-bond donors (Lipinski definition) is 0. The van der Waals surface area contributed by atoms with Gasteiger partial charge in [0.2, 0.25) is 0 Å². The highest BCUT2D eigenvalue weighted by molar-refractivity contribution is 8.00. The average Bonchev–Trinajstić information content (AvgIpc) is 2.30. The Balaban J connectivity index is 2.14. The van der Waals surface area contributed by atoms with Crippen LogP contribution >= 0.6 is 11.8 Å². The molecule has 1 atom stereocenters. The molecule has 0 aromatic heterocycles. The van der Waals surface area contributed by atoms with E-state index < -0.39 is 0 Å². The van der Waals surface area contributed by atoms with Crippen molar-refractivity contribution in [2.75, 3.05) is 0 Å². The molecule has 0 saturated carbocycles. The predicted octanol–water partition coefficient (Wildman–Crippen LogP) is 3.23. The maximum atomic E-state index is 12.1. The molecule has 1 aromatic carbocycles. The molecular weight excluding hydrogens is 204 g/mol. The minimum absolute atomic E-state index is 0.207. The van der Waals surface area contributed by atoms with Crippen LogP contribution in [0.25, 0.3) is 0 Å². The second-order valence-electron chi connectivity index (χ2n) is 3.69. The van der Waals surface area contributed by atoms with Gasteiger partial charge in [0.05, 0.1) is 5.25 Å². The molecule has 1 nitrogen and oxygen atoms in total. The van der Waals surface area contributed by atoms with Crippen LogP contribution in [0, 0.1) is 0 Å². The molecule has 1 heterocycles. The molecule has 74 valence electrons. The van der Waals surface area contributed by atoms with E-state index in [-0.39, 0.29) is 11.0 Å². The third-order valence-corrected chi connectivity index (χ3v) is 4.01. The highest BCUT2D eigenvalue weighted by Crippen LogP contribution is 2.40. The van der Waals surface area contributed by atoms with E-state index in [1.165, 1.54) is 0 Å². The fourth-order valence-electron chi connectivity index (χ4n) is 1.99. The van der Waals surface area contributed by atoms with Crippen molar-refractivity contribution in [3.63, 3.8) is 0 Å². The molecule has 1 aliphatic carbocycles. The lowest BCUT2D eigenvalue weighted by molar-refractivity contribution is 0.102. The summed E-state index contributed by atoms with van der Waals surface area (Å²) < 4.78 is 0. The van der Waals surface area contributed by atoms with Crippen LogP contribution in [-0.2, 0) is 0 Å². The number of hydrogen-bond acceptors (Lipinski definition) is 2. The van der Waals surface area contributed by atoms with Crippen LogP contribution in [0.1, 0.15) is 16.8 Å². The molecule has 2 heteroatoms. The molecule has 15 heavy (non-hydrogen) atoms. The quantitative estimate of drug-likeness (QED) is 0.617. The van der Waals surface area contributed by atoms with E-state index in [9.17, 15) is 4.79 Å². The van der Waals surface area contributed by atoms with E-state index in [1.54, 1.807) is 11.8 Å². The van der Waals surface area contributed by atoms with Gasteiger partial charge in [-0.25, -0.2) is 0 Å². The Bertz CT molecular complexity index is 485. The summed E-state index contributed by atoms with van der Waals surface area (Å²) >= 11 is 1.77. The van der Waals surface area contributed by atoms with Crippen LogP contribution in [0.15, 0.2) is 53.0 Å². The summed E-state index contributed by atoms with van der Waals surface area (Å²) in [7, 11) is 0. The smallest absolute Gasteiger partial charge is 0.191 e. The topological polar surface area (TPSA) is 17.1 Å². The third-order valence-electron chi connectivity index (χ3n) is 2.74. The van der Waals surface area contributed by atoms with Gasteiger partial charge >= 0.3 is 0 Å². The lowest BCUT2D eigenvalue weighted by atomic mass is 9.96. The van der Waals surface area contributed by atoms with Gasteiger partial charge in [-0.05, 0) is 18.6 Å². The highest BCUT2D eigenvalue weighted by Gasteiger charge is 2.29. The molecule has 0 fully saturated rings. The number of carbonyl (C=O) groups is 1. The minimum atomic E-state index is 0.207. The van der Waals surface area contributed by atoms with Crippen LogP contribution < -0.4 is 0 Å². The van der Waals surface area contributed by atoms with Crippen LogP contribution in [0.3, 0.4) is 0 Å². The van der Waals surface area contributed by atoms with Crippen molar-refractivity contribution >= 4 is 17.5 Å². The zero-order chi connectivity index (χ0) is 10.3. The maximum Gasteiger partial charge on any atom is 0.191 e. The molecule has 0 amide bonds. The van der Waals surface area contributed by atoms with Gasteiger partial charge < -0.3 is 0 Å². The van der Waals surface area contributed by atoms with Gasteiger partial charge in [-0.3, -0.25) is 4.79 Å². The van der Waals surface area contributed by atoms with Crippen LogP contribution in [0.4, 0.5) is 0 Å². The summed E-state index contributed by atoms with van der Waals surface area (Å²) in [5, 5.41) is 0.237. The molecule has 1 aromatic rings. The van der Waals surface area contributed by atoms with E-state index in [1.807, 2.05) is 24.3 Å². The molecule has 0 bridgehead atoms. The second-order valence-corrected chi connectivity index (χ2v) is 4.87. The number of carbonyl (C=O) groups excluding carboxylic acids is 1. The standard InChI is InChI=1S/C13H10OS/c14-13-9-5-1-3-7-11(9)15-12-8-4-2-6-10(12)13/h1,3-8,12H,2H2. The third kappa shape index (κ3) is 1.37. The summed E-state index contributed by atoms with van der Waals surface area (Å²) in [5.41, 5.74) is 1.82. The molecule has 2 aliphatic rings. The van der Waals surface area contributed by atoms with Gasteiger partial charge in [-0.2, -0.15) is 0 Å². The van der Waals surface area contributed by atoms with Crippen LogP contribution in [0.2, 0.25) is 0 Å². The van der Waals surface area contributed by atoms with Gasteiger partial charge in [0, 0.05) is 16.0 Å². The van der Waals surface area contributed by atoms with Gasteiger partial charge in [0.25, 0.3) is 0 Å². The summed E-state index contributed by atoms with van der Waals surface area (Å²) in [4.78, 5) is 13.2. The van der Waals surface area contributed by atoms with Gasteiger partial charge in [-0.15, -0.1) is 11.8 Å².